The lowest BCUT2D eigenvalue weighted by Crippen LogP contribution is -2.64. The Bertz CT molecular complexity index is 312. The number of nitrogens with zero attached hydrogens (tertiary/aromatic N) is 1. The highest BCUT2D eigenvalue weighted by atomic mass is 19.4. The molecule has 0 aliphatic carbocycles. The number of hydrogen-bond donors (Lipinski definition) is 1. The van der Waals surface area contributed by atoms with E-state index >= 15 is 0 Å². The van der Waals surface area contributed by atoms with E-state index < -0.39 is 12.8 Å². The summed E-state index contributed by atoms with van der Waals surface area (Å²) in [6, 6.07) is 0.365. The zero-order valence-corrected chi connectivity index (χ0v) is 13.6. The van der Waals surface area contributed by atoms with Crippen LogP contribution in [0.1, 0.15) is 40.5 Å². The number of rotatable bonds is 7. The lowest BCUT2D eigenvalue weighted by atomic mass is 9.88. The van der Waals surface area contributed by atoms with E-state index in [0.29, 0.717) is 18.5 Å². The standard InChI is InChI=1S/C15H29F3N2O/c1-5-12(3)13-9-19-14(4,6-2)10-20(13)7-8-21-11-15(16,17)18/h12-13,19H,5-11H2,1-4H3. The van der Waals surface area contributed by atoms with Crippen LogP contribution in [-0.4, -0.2) is 55.5 Å². The monoisotopic (exact) mass is 310 g/mol. The van der Waals surface area contributed by atoms with Crippen molar-refractivity contribution in [1.29, 1.82) is 0 Å². The molecule has 0 amide bonds. The van der Waals surface area contributed by atoms with E-state index in [1.807, 2.05) is 0 Å². The van der Waals surface area contributed by atoms with Gasteiger partial charge in [0.2, 0.25) is 0 Å². The maximum absolute atomic E-state index is 12.1. The van der Waals surface area contributed by atoms with Gasteiger partial charge in [0.15, 0.2) is 0 Å². The summed E-state index contributed by atoms with van der Waals surface area (Å²) in [7, 11) is 0. The van der Waals surface area contributed by atoms with Crippen molar-refractivity contribution in [3.05, 3.63) is 0 Å². The van der Waals surface area contributed by atoms with E-state index in [2.05, 4.69) is 37.9 Å². The molecule has 6 heteroatoms. The average molecular weight is 310 g/mol. The first-order chi connectivity index (χ1) is 9.71. The summed E-state index contributed by atoms with van der Waals surface area (Å²) in [6.07, 6.45) is -2.17. The summed E-state index contributed by atoms with van der Waals surface area (Å²) in [5.74, 6) is 0.515. The van der Waals surface area contributed by atoms with Gasteiger partial charge in [-0.05, 0) is 19.3 Å². The molecule has 0 aromatic carbocycles. The van der Waals surface area contributed by atoms with Crippen molar-refractivity contribution in [2.24, 2.45) is 5.92 Å². The van der Waals surface area contributed by atoms with Gasteiger partial charge in [-0.25, -0.2) is 0 Å². The molecule has 1 rings (SSSR count). The second kappa shape index (κ2) is 7.79. The molecule has 1 aliphatic rings. The highest BCUT2D eigenvalue weighted by Gasteiger charge is 2.36. The number of nitrogens with one attached hydrogen (secondary N) is 1. The third-order valence-electron chi connectivity index (χ3n) is 4.63. The van der Waals surface area contributed by atoms with Gasteiger partial charge in [0, 0.05) is 31.2 Å². The van der Waals surface area contributed by atoms with E-state index in [1.54, 1.807) is 0 Å². The molecule has 1 saturated heterocycles. The second-order valence-electron chi connectivity index (χ2n) is 6.39. The van der Waals surface area contributed by atoms with Crippen molar-refractivity contribution in [3.8, 4) is 0 Å². The van der Waals surface area contributed by atoms with Crippen LogP contribution in [0.25, 0.3) is 0 Å². The normalized spacial score (nSPS) is 29.6. The predicted octanol–water partition coefficient (Wildman–Crippen LogP) is 3.05. The molecule has 1 heterocycles. The van der Waals surface area contributed by atoms with Crippen LogP contribution < -0.4 is 5.32 Å². The number of halogens is 3. The lowest BCUT2D eigenvalue weighted by Gasteiger charge is -2.48. The first-order valence-electron chi connectivity index (χ1n) is 7.84. The Morgan fingerprint density at radius 1 is 1.38 bits per heavy atom. The summed E-state index contributed by atoms with van der Waals surface area (Å²) in [4.78, 5) is 2.30. The van der Waals surface area contributed by atoms with E-state index in [0.717, 1.165) is 25.9 Å². The summed E-state index contributed by atoms with van der Waals surface area (Å²) in [6.45, 7) is 9.93. The second-order valence-corrected chi connectivity index (χ2v) is 6.39. The SMILES string of the molecule is CCC(C)C1CNC(C)(CC)CN1CCOCC(F)(F)F. The zero-order chi connectivity index (χ0) is 16.1. The van der Waals surface area contributed by atoms with Gasteiger partial charge < -0.3 is 10.1 Å². The van der Waals surface area contributed by atoms with Gasteiger partial charge in [0.25, 0.3) is 0 Å². The van der Waals surface area contributed by atoms with Gasteiger partial charge in [-0.1, -0.05) is 27.2 Å². The van der Waals surface area contributed by atoms with Crippen molar-refractivity contribution in [3.63, 3.8) is 0 Å². The van der Waals surface area contributed by atoms with Gasteiger partial charge in [-0.15, -0.1) is 0 Å². The van der Waals surface area contributed by atoms with Crippen molar-refractivity contribution < 1.29 is 17.9 Å². The van der Waals surface area contributed by atoms with Gasteiger partial charge >= 0.3 is 6.18 Å². The fourth-order valence-electron chi connectivity index (χ4n) is 2.79. The van der Waals surface area contributed by atoms with Crippen LogP contribution in [0.15, 0.2) is 0 Å². The maximum atomic E-state index is 12.1. The third-order valence-corrected chi connectivity index (χ3v) is 4.63. The van der Waals surface area contributed by atoms with Gasteiger partial charge in [-0.2, -0.15) is 13.2 Å². The fraction of sp³-hybridized carbons (Fsp3) is 1.00. The highest BCUT2D eigenvalue weighted by Crippen LogP contribution is 2.24. The van der Waals surface area contributed by atoms with Gasteiger partial charge in [0.05, 0.1) is 6.61 Å². The number of piperazine rings is 1. The first-order valence-corrected chi connectivity index (χ1v) is 7.84. The van der Waals surface area contributed by atoms with Crippen LogP contribution in [-0.2, 0) is 4.74 Å². The molecular formula is C15H29F3N2O. The van der Waals surface area contributed by atoms with Crippen molar-refractivity contribution in [2.45, 2.75) is 58.3 Å². The van der Waals surface area contributed by atoms with E-state index in [1.165, 1.54) is 0 Å². The first kappa shape index (κ1) is 18.7. The Kier molecular flexibility index (Phi) is 6.94. The van der Waals surface area contributed by atoms with Crippen LogP contribution in [0.3, 0.4) is 0 Å². The molecule has 0 radical (unpaired) electrons. The molecule has 3 unspecified atom stereocenters. The summed E-state index contributed by atoms with van der Waals surface area (Å²) < 4.78 is 41.1. The zero-order valence-electron chi connectivity index (χ0n) is 13.6. The molecule has 0 spiro atoms. The Morgan fingerprint density at radius 3 is 2.57 bits per heavy atom. The molecule has 0 saturated carbocycles. The molecule has 3 atom stereocenters. The van der Waals surface area contributed by atoms with Crippen LogP contribution in [0.4, 0.5) is 13.2 Å². The molecule has 1 N–H and O–H groups in total. The third kappa shape index (κ3) is 6.12. The molecule has 21 heavy (non-hydrogen) atoms. The number of alkyl halides is 3. The van der Waals surface area contributed by atoms with E-state index in [4.69, 9.17) is 4.74 Å². The smallest absolute Gasteiger partial charge is 0.371 e. The minimum absolute atomic E-state index is 0.0357. The Labute approximate surface area is 126 Å². The minimum Gasteiger partial charge on any atom is -0.371 e. The molecule has 0 aromatic heterocycles. The lowest BCUT2D eigenvalue weighted by molar-refractivity contribution is -0.175. The largest absolute Gasteiger partial charge is 0.411 e. The number of hydrogen-bond acceptors (Lipinski definition) is 3. The molecular weight excluding hydrogens is 281 g/mol. The van der Waals surface area contributed by atoms with Crippen molar-refractivity contribution >= 4 is 0 Å². The molecule has 3 nitrogen and oxygen atoms in total. The summed E-state index contributed by atoms with van der Waals surface area (Å²) in [5, 5.41) is 3.59. The molecule has 0 bridgehead atoms. The summed E-state index contributed by atoms with van der Waals surface area (Å²) >= 11 is 0. The van der Waals surface area contributed by atoms with Crippen LogP contribution in [0, 0.1) is 5.92 Å². The Morgan fingerprint density at radius 2 is 2.05 bits per heavy atom. The predicted molar refractivity (Wildman–Crippen MR) is 78.4 cm³/mol. The Hall–Kier alpha value is -0.330. The average Bonchev–Trinajstić information content (AvgIpc) is 2.42. The Balaban J connectivity index is 2.54. The molecule has 1 aliphatic heterocycles. The van der Waals surface area contributed by atoms with Crippen LogP contribution in [0.2, 0.25) is 0 Å². The van der Waals surface area contributed by atoms with Gasteiger partial charge in [-0.3, -0.25) is 4.90 Å². The molecule has 1 fully saturated rings. The fourth-order valence-corrected chi connectivity index (χ4v) is 2.79. The van der Waals surface area contributed by atoms with E-state index in [-0.39, 0.29) is 12.1 Å². The maximum Gasteiger partial charge on any atom is 0.411 e. The van der Waals surface area contributed by atoms with Gasteiger partial charge in [0.1, 0.15) is 6.61 Å². The van der Waals surface area contributed by atoms with E-state index in [9.17, 15) is 13.2 Å². The van der Waals surface area contributed by atoms with Crippen LogP contribution >= 0.6 is 0 Å². The molecule has 0 aromatic rings. The van der Waals surface area contributed by atoms with Crippen LogP contribution in [0.5, 0.6) is 0 Å². The van der Waals surface area contributed by atoms with Crippen molar-refractivity contribution in [2.75, 3.05) is 32.8 Å². The molecule has 126 valence electrons. The number of ether oxygens (including phenoxy) is 1. The summed E-state index contributed by atoms with van der Waals surface area (Å²) in [5.41, 5.74) is 0.0357. The highest BCUT2D eigenvalue weighted by molar-refractivity contribution is 4.95. The van der Waals surface area contributed by atoms with Crippen molar-refractivity contribution in [1.82, 2.24) is 10.2 Å². The minimum atomic E-state index is -4.24. The topological polar surface area (TPSA) is 24.5 Å². The quantitative estimate of drug-likeness (QED) is 0.732.